The molecule has 0 aliphatic rings. The summed E-state index contributed by atoms with van der Waals surface area (Å²) in [6.07, 6.45) is 24.8. The van der Waals surface area contributed by atoms with Crippen LogP contribution in [0.4, 0.5) is 0 Å². The molecule has 0 saturated heterocycles. The molecule has 4 nitrogen and oxygen atoms in total. The topological polar surface area (TPSA) is 52.6 Å². The van der Waals surface area contributed by atoms with Crippen molar-refractivity contribution in [3.05, 3.63) is 0 Å². The maximum Gasteiger partial charge on any atom is 0.306 e. The van der Waals surface area contributed by atoms with Crippen molar-refractivity contribution < 1.29 is 19.1 Å². The minimum Gasteiger partial charge on any atom is -0.466 e. The van der Waals surface area contributed by atoms with Crippen LogP contribution in [-0.2, 0) is 19.1 Å². The average Bonchev–Trinajstić information content (AvgIpc) is 2.83. The van der Waals surface area contributed by atoms with Gasteiger partial charge in [0.15, 0.2) is 0 Å². The Bertz CT molecular complexity index is 449. The van der Waals surface area contributed by atoms with Crippen molar-refractivity contribution in [2.45, 2.75) is 162 Å². The molecule has 0 saturated carbocycles. The van der Waals surface area contributed by atoms with Crippen LogP contribution in [0.5, 0.6) is 0 Å². The van der Waals surface area contributed by atoms with Crippen LogP contribution >= 0.6 is 0 Å². The number of hydrogen-bond donors (Lipinski definition) is 0. The van der Waals surface area contributed by atoms with Crippen molar-refractivity contribution in [3.8, 4) is 0 Å². The smallest absolute Gasteiger partial charge is 0.306 e. The summed E-state index contributed by atoms with van der Waals surface area (Å²) in [5.41, 5.74) is 0. The normalized spacial score (nSPS) is 12.0. The maximum absolute atomic E-state index is 12.1. The Morgan fingerprint density at radius 2 is 0.971 bits per heavy atom. The third kappa shape index (κ3) is 24.1. The molecular weight excluding hydrogens is 424 g/mol. The van der Waals surface area contributed by atoms with Gasteiger partial charge in [-0.05, 0) is 31.6 Å². The van der Waals surface area contributed by atoms with Crippen molar-refractivity contribution in [1.29, 1.82) is 0 Å². The van der Waals surface area contributed by atoms with Crippen molar-refractivity contribution in [1.82, 2.24) is 0 Å². The molecule has 1 atom stereocenters. The lowest BCUT2D eigenvalue weighted by atomic mass is 9.95. The third-order valence-electron chi connectivity index (χ3n) is 6.80. The fraction of sp³-hybridized carbons (Fsp3) is 0.933. The number of carbonyl (C=O) groups excluding carboxylic acids is 2. The van der Waals surface area contributed by atoms with Crippen LogP contribution < -0.4 is 0 Å². The van der Waals surface area contributed by atoms with Gasteiger partial charge in [0.1, 0.15) is 0 Å². The van der Waals surface area contributed by atoms with Gasteiger partial charge in [0.25, 0.3) is 0 Å². The van der Waals surface area contributed by atoms with Crippen LogP contribution in [0.2, 0.25) is 0 Å². The zero-order chi connectivity index (χ0) is 25.1. The summed E-state index contributed by atoms with van der Waals surface area (Å²) < 4.78 is 10.8. The Hall–Kier alpha value is -1.06. The lowest BCUT2D eigenvalue weighted by molar-refractivity contribution is -0.145. The Morgan fingerprint density at radius 1 is 0.529 bits per heavy atom. The number of hydrogen-bond acceptors (Lipinski definition) is 4. The summed E-state index contributed by atoms with van der Waals surface area (Å²) >= 11 is 0. The quantitative estimate of drug-likeness (QED) is 0.0910. The summed E-state index contributed by atoms with van der Waals surface area (Å²) in [5.74, 6) is 0.421. The number of esters is 2. The molecule has 0 aliphatic heterocycles. The van der Waals surface area contributed by atoms with Crippen molar-refractivity contribution in [2.75, 3.05) is 13.2 Å². The van der Waals surface area contributed by atoms with Gasteiger partial charge in [-0.1, -0.05) is 124 Å². The SMILES string of the molecule is CCCCCCCCOC(=O)CCCCCCCCC(CC)CC(=O)OCCCCCCCC. The van der Waals surface area contributed by atoms with Gasteiger partial charge in [0.05, 0.1) is 13.2 Å². The lowest BCUT2D eigenvalue weighted by Gasteiger charge is -2.14. The second kappa shape index (κ2) is 26.5. The lowest BCUT2D eigenvalue weighted by Crippen LogP contribution is -2.12. The maximum atomic E-state index is 12.1. The average molecular weight is 483 g/mol. The predicted octanol–water partition coefficient (Wildman–Crippen LogP) is 9.33. The molecule has 0 fully saturated rings. The molecule has 0 heterocycles. The van der Waals surface area contributed by atoms with Crippen LogP contribution in [0.15, 0.2) is 0 Å². The zero-order valence-electron chi connectivity index (χ0n) is 23.2. The van der Waals surface area contributed by atoms with E-state index in [1.807, 2.05) is 0 Å². The summed E-state index contributed by atoms with van der Waals surface area (Å²) in [7, 11) is 0. The summed E-state index contributed by atoms with van der Waals surface area (Å²) in [6.45, 7) is 7.81. The largest absolute Gasteiger partial charge is 0.466 e. The Balaban J connectivity index is 3.50. The minimum atomic E-state index is -0.0253. The predicted molar refractivity (Wildman–Crippen MR) is 144 cm³/mol. The number of ether oxygens (including phenoxy) is 2. The van der Waals surface area contributed by atoms with Gasteiger partial charge in [-0.15, -0.1) is 0 Å². The standard InChI is InChI=1S/C30H58O4/c1-4-7-9-11-17-21-25-33-29(31)24-20-16-14-13-15-19-23-28(6-3)27-30(32)34-26-22-18-12-10-8-5-2/h28H,4-27H2,1-3H3. The molecule has 34 heavy (non-hydrogen) atoms. The zero-order valence-corrected chi connectivity index (χ0v) is 23.2. The third-order valence-corrected chi connectivity index (χ3v) is 6.80. The first-order valence-corrected chi connectivity index (χ1v) is 14.9. The molecule has 0 radical (unpaired) electrons. The molecule has 0 bridgehead atoms. The van der Waals surface area contributed by atoms with Crippen molar-refractivity contribution in [2.24, 2.45) is 5.92 Å². The Morgan fingerprint density at radius 3 is 1.50 bits per heavy atom. The van der Waals surface area contributed by atoms with E-state index in [-0.39, 0.29) is 11.9 Å². The van der Waals surface area contributed by atoms with Gasteiger partial charge in [0, 0.05) is 12.8 Å². The van der Waals surface area contributed by atoms with Gasteiger partial charge in [0.2, 0.25) is 0 Å². The highest BCUT2D eigenvalue weighted by Gasteiger charge is 2.13. The summed E-state index contributed by atoms with van der Waals surface area (Å²) in [4.78, 5) is 23.9. The number of unbranched alkanes of at least 4 members (excludes halogenated alkanes) is 15. The fourth-order valence-corrected chi connectivity index (χ4v) is 4.36. The first-order chi connectivity index (χ1) is 16.6. The molecule has 0 aromatic rings. The highest BCUT2D eigenvalue weighted by Crippen LogP contribution is 2.19. The molecule has 0 aromatic carbocycles. The summed E-state index contributed by atoms with van der Waals surface area (Å²) in [6, 6.07) is 0. The van der Waals surface area contributed by atoms with Gasteiger partial charge in [-0.3, -0.25) is 9.59 Å². The highest BCUT2D eigenvalue weighted by molar-refractivity contribution is 5.69. The molecule has 0 amide bonds. The van der Waals surface area contributed by atoms with Crippen molar-refractivity contribution >= 4 is 11.9 Å². The second-order valence-electron chi connectivity index (χ2n) is 10.1. The second-order valence-corrected chi connectivity index (χ2v) is 10.1. The van der Waals surface area contributed by atoms with E-state index < -0.39 is 0 Å². The molecule has 0 rings (SSSR count). The van der Waals surface area contributed by atoms with Crippen LogP contribution in [0.25, 0.3) is 0 Å². The molecule has 4 heteroatoms. The van der Waals surface area contributed by atoms with E-state index in [1.54, 1.807) is 0 Å². The first kappa shape index (κ1) is 32.9. The number of rotatable bonds is 26. The van der Waals surface area contributed by atoms with Crippen LogP contribution in [0.1, 0.15) is 162 Å². The molecule has 1 unspecified atom stereocenters. The van der Waals surface area contributed by atoms with Crippen LogP contribution in [0, 0.1) is 5.92 Å². The van der Waals surface area contributed by atoms with E-state index in [1.165, 1.54) is 89.9 Å². The van der Waals surface area contributed by atoms with Crippen LogP contribution in [0.3, 0.4) is 0 Å². The fourth-order valence-electron chi connectivity index (χ4n) is 4.36. The molecular formula is C30H58O4. The van der Waals surface area contributed by atoms with E-state index in [2.05, 4.69) is 20.8 Å². The Kier molecular flexibility index (Phi) is 25.7. The van der Waals surface area contributed by atoms with Gasteiger partial charge >= 0.3 is 11.9 Å². The van der Waals surface area contributed by atoms with E-state index in [9.17, 15) is 9.59 Å². The molecule has 202 valence electrons. The Labute approximate surface area is 212 Å². The van der Waals surface area contributed by atoms with Crippen LogP contribution in [-0.4, -0.2) is 25.2 Å². The van der Waals surface area contributed by atoms with Gasteiger partial charge in [-0.25, -0.2) is 0 Å². The molecule has 0 N–H and O–H groups in total. The molecule has 0 aromatic heterocycles. The minimum absolute atomic E-state index is 0.0104. The van der Waals surface area contributed by atoms with Crippen molar-refractivity contribution in [3.63, 3.8) is 0 Å². The van der Waals surface area contributed by atoms with Gasteiger partial charge < -0.3 is 9.47 Å². The first-order valence-electron chi connectivity index (χ1n) is 14.9. The van der Waals surface area contributed by atoms with E-state index in [4.69, 9.17) is 9.47 Å². The summed E-state index contributed by atoms with van der Waals surface area (Å²) in [5, 5.41) is 0. The monoisotopic (exact) mass is 482 g/mol. The van der Waals surface area contributed by atoms with E-state index in [0.717, 1.165) is 38.5 Å². The molecule has 0 aliphatic carbocycles. The van der Waals surface area contributed by atoms with Gasteiger partial charge in [-0.2, -0.15) is 0 Å². The van der Waals surface area contributed by atoms with E-state index in [0.29, 0.717) is 32.0 Å². The molecule has 0 spiro atoms. The number of carbonyl (C=O) groups is 2. The highest BCUT2D eigenvalue weighted by atomic mass is 16.5. The van der Waals surface area contributed by atoms with E-state index >= 15 is 0 Å².